The Morgan fingerprint density at radius 3 is 2.83 bits per heavy atom. The van der Waals surface area contributed by atoms with Gasteiger partial charge in [0.2, 0.25) is 0 Å². The Balaban J connectivity index is 1.66. The van der Waals surface area contributed by atoms with Gasteiger partial charge in [0.15, 0.2) is 6.10 Å². The fourth-order valence-electron chi connectivity index (χ4n) is 3.32. The van der Waals surface area contributed by atoms with E-state index >= 15 is 0 Å². The zero-order valence-electron chi connectivity index (χ0n) is 16.6. The third kappa shape index (κ3) is 5.13. The summed E-state index contributed by atoms with van der Waals surface area (Å²) in [4.78, 5) is 18.5. The summed E-state index contributed by atoms with van der Waals surface area (Å²) in [6.07, 6.45) is 4.92. The lowest BCUT2D eigenvalue weighted by Gasteiger charge is -2.17. The first kappa shape index (κ1) is 20.8. The standard InChI is InChI=1S/C22H27N3O4/c1-3-19(22(27)28)29-20-8-4-7-17-16(12-25-21(17)20)10-14(2)24-13-18(26)15-6-5-9-23-11-15/h4-9,11-12,14,18-19,24-26H,3,10,13H2,1-2H3,(H,27,28)/t14?,18-,19?/m0/s1. The second kappa shape index (κ2) is 9.54. The van der Waals surface area contributed by atoms with E-state index in [1.807, 2.05) is 24.4 Å². The number of nitrogens with zero attached hydrogens (tertiary/aromatic N) is 1. The monoisotopic (exact) mass is 397 g/mol. The highest BCUT2D eigenvalue weighted by atomic mass is 16.5. The highest BCUT2D eigenvalue weighted by Crippen LogP contribution is 2.29. The lowest BCUT2D eigenvalue weighted by molar-refractivity contribution is -0.145. The van der Waals surface area contributed by atoms with Crippen molar-refractivity contribution in [2.75, 3.05) is 6.54 Å². The molecule has 7 heteroatoms. The van der Waals surface area contributed by atoms with Crippen LogP contribution < -0.4 is 10.1 Å². The minimum atomic E-state index is -0.971. The molecule has 2 aromatic heterocycles. The molecule has 1 aromatic carbocycles. The Labute approximate surface area is 169 Å². The summed E-state index contributed by atoms with van der Waals surface area (Å²) in [6, 6.07) is 9.43. The molecule has 3 atom stereocenters. The molecule has 0 fully saturated rings. The minimum Gasteiger partial charge on any atom is -0.479 e. The molecule has 0 aliphatic carbocycles. The van der Waals surface area contributed by atoms with E-state index in [0.717, 1.165) is 28.5 Å². The number of fused-ring (bicyclic) bond motifs is 1. The van der Waals surface area contributed by atoms with Gasteiger partial charge in [0.1, 0.15) is 5.75 Å². The average molecular weight is 397 g/mol. The van der Waals surface area contributed by atoms with E-state index in [-0.39, 0.29) is 6.04 Å². The van der Waals surface area contributed by atoms with Crippen LogP contribution in [-0.2, 0) is 11.2 Å². The van der Waals surface area contributed by atoms with Crippen LogP contribution in [0.15, 0.2) is 48.9 Å². The molecule has 3 rings (SSSR count). The number of aliphatic carboxylic acids is 1. The van der Waals surface area contributed by atoms with Gasteiger partial charge < -0.3 is 25.3 Å². The number of hydrogen-bond acceptors (Lipinski definition) is 5. The number of rotatable bonds is 10. The van der Waals surface area contributed by atoms with Crippen molar-refractivity contribution in [3.8, 4) is 5.75 Å². The zero-order chi connectivity index (χ0) is 20.8. The molecule has 0 saturated carbocycles. The number of pyridine rings is 1. The van der Waals surface area contributed by atoms with Crippen LogP contribution in [0.1, 0.15) is 37.5 Å². The van der Waals surface area contributed by atoms with Gasteiger partial charge >= 0.3 is 5.97 Å². The molecule has 0 aliphatic rings. The summed E-state index contributed by atoms with van der Waals surface area (Å²) in [5.41, 5.74) is 2.68. The summed E-state index contributed by atoms with van der Waals surface area (Å²) < 4.78 is 5.70. The number of carbonyl (C=O) groups is 1. The molecule has 4 N–H and O–H groups in total. The first-order chi connectivity index (χ1) is 14.0. The highest BCUT2D eigenvalue weighted by molar-refractivity contribution is 5.88. The molecule has 3 aromatic rings. The molecule has 0 aliphatic heterocycles. The van der Waals surface area contributed by atoms with E-state index in [1.54, 1.807) is 31.5 Å². The van der Waals surface area contributed by atoms with Crippen molar-refractivity contribution in [3.63, 3.8) is 0 Å². The molecule has 7 nitrogen and oxygen atoms in total. The van der Waals surface area contributed by atoms with Crippen LogP contribution in [0.2, 0.25) is 0 Å². The lowest BCUT2D eigenvalue weighted by Crippen LogP contribution is -2.32. The van der Waals surface area contributed by atoms with Crippen molar-refractivity contribution in [1.29, 1.82) is 0 Å². The van der Waals surface area contributed by atoms with Crippen LogP contribution in [0.4, 0.5) is 0 Å². The van der Waals surface area contributed by atoms with E-state index in [4.69, 9.17) is 4.74 Å². The minimum absolute atomic E-state index is 0.132. The predicted molar refractivity (Wildman–Crippen MR) is 111 cm³/mol. The number of aliphatic hydroxyl groups excluding tert-OH is 1. The van der Waals surface area contributed by atoms with E-state index in [9.17, 15) is 15.0 Å². The quantitative estimate of drug-likeness (QED) is 0.419. The maximum Gasteiger partial charge on any atom is 0.344 e. The maximum atomic E-state index is 11.3. The van der Waals surface area contributed by atoms with Crippen molar-refractivity contribution >= 4 is 16.9 Å². The number of benzene rings is 1. The summed E-state index contributed by atoms with van der Waals surface area (Å²) in [5, 5.41) is 23.9. The second-order valence-electron chi connectivity index (χ2n) is 7.16. The number of nitrogens with one attached hydrogen (secondary N) is 2. The van der Waals surface area contributed by atoms with Crippen molar-refractivity contribution in [3.05, 3.63) is 60.0 Å². The van der Waals surface area contributed by atoms with Crippen LogP contribution in [0.25, 0.3) is 10.9 Å². The second-order valence-corrected chi connectivity index (χ2v) is 7.16. The SMILES string of the molecule is CCC(Oc1cccc2c(CC(C)NC[C@H](O)c3cccnc3)c[nH]c12)C(=O)O. The summed E-state index contributed by atoms with van der Waals surface area (Å²) in [5.74, 6) is -0.433. The van der Waals surface area contributed by atoms with Gasteiger partial charge in [0.05, 0.1) is 11.6 Å². The molecule has 0 amide bonds. The molecule has 0 bridgehead atoms. The summed E-state index contributed by atoms with van der Waals surface area (Å²) in [6.45, 7) is 4.28. The number of carboxylic acid groups (broad SMARTS) is 1. The Hall–Kier alpha value is -2.90. The molecule has 29 heavy (non-hydrogen) atoms. The number of para-hydroxylation sites is 1. The fourth-order valence-corrected chi connectivity index (χ4v) is 3.32. The van der Waals surface area contributed by atoms with Crippen LogP contribution in [0, 0.1) is 0 Å². The van der Waals surface area contributed by atoms with Gasteiger partial charge in [-0.2, -0.15) is 0 Å². The smallest absolute Gasteiger partial charge is 0.344 e. The predicted octanol–water partition coefficient (Wildman–Crippen LogP) is 3.06. The zero-order valence-corrected chi connectivity index (χ0v) is 16.6. The topological polar surface area (TPSA) is 107 Å². The Bertz CT molecular complexity index is 942. The average Bonchev–Trinajstić information content (AvgIpc) is 3.14. The Morgan fingerprint density at radius 1 is 1.31 bits per heavy atom. The van der Waals surface area contributed by atoms with Crippen molar-refractivity contribution in [2.24, 2.45) is 0 Å². The van der Waals surface area contributed by atoms with Gasteiger partial charge in [-0.1, -0.05) is 25.1 Å². The fraction of sp³-hybridized carbons (Fsp3) is 0.364. The van der Waals surface area contributed by atoms with Crippen molar-refractivity contribution in [2.45, 2.75) is 44.9 Å². The highest BCUT2D eigenvalue weighted by Gasteiger charge is 2.19. The number of hydrogen-bond donors (Lipinski definition) is 4. The third-order valence-electron chi connectivity index (χ3n) is 4.93. The van der Waals surface area contributed by atoms with Crippen molar-refractivity contribution in [1.82, 2.24) is 15.3 Å². The molecule has 154 valence electrons. The van der Waals surface area contributed by atoms with Crippen LogP contribution in [0.5, 0.6) is 5.75 Å². The number of aromatic amines is 1. The Kier molecular flexibility index (Phi) is 6.85. The van der Waals surface area contributed by atoms with Gasteiger partial charge in [-0.15, -0.1) is 0 Å². The molecule has 0 radical (unpaired) electrons. The third-order valence-corrected chi connectivity index (χ3v) is 4.93. The molecular weight excluding hydrogens is 370 g/mol. The van der Waals surface area contributed by atoms with Crippen LogP contribution >= 0.6 is 0 Å². The van der Waals surface area contributed by atoms with Gasteiger partial charge in [0, 0.05) is 42.1 Å². The largest absolute Gasteiger partial charge is 0.479 e. The Morgan fingerprint density at radius 2 is 2.14 bits per heavy atom. The normalized spacial score (nSPS) is 14.4. The van der Waals surface area contributed by atoms with E-state index in [1.165, 1.54) is 0 Å². The number of aliphatic hydroxyl groups is 1. The number of carboxylic acids is 1. The van der Waals surface area contributed by atoms with Crippen LogP contribution in [0.3, 0.4) is 0 Å². The van der Waals surface area contributed by atoms with Gasteiger partial charge in [-0.25, -0.2) is 4.79 Å². The maximum absolute atomic E-state index is 11.3. The molecule has 2 heterocycles. The number of aromatic nitrogens is 2. The first-order valence-corrected chi connectivity index (χ1v) is 9.79. The first-order valence-electron chi connectivity index (χ1n) is 9.79. The van der Waals surface area contributed by atoms with Gasteiger partial charge in [0.25, 0.3) is 0 Å². The number of ether oxygens (including phenoxy) is 1. The number of H-pyrrole nitrogens is 1. The van der Waals surface area contributed by atoms with Gasteiger partial charge in [-0.05, 0) is 37.5 Å². The van der Waals surface area contributed by atoms with E-state index in [2.05, 4.69) is 22.2 Å². The molecular formula is C22H27N3O4. The summed E-state index contributed by atoms with van der Waals surface area (Å²) in [7, 11) is 0. The van der Waals surface area contributed by atoms with Gasteiger partial charge in [-0.3, -0.25) is 4.98 Å². The van der Waals surface area contributed by atoms with E-state index in [0.29, 0.717) is 18.7 Å². The van der Waals surface area contributed by atoms with Crippen LogP contribution in [-0.4, -0.2) is 44.8 Å². The molecule has 2 unspecified atom stereocenters. The summed E-state index contributed by atoms with van der Waals surface area (Å²) >= 11 is 0. The van der Waals surface area contributed by atoms with E-state index < -0.39 is 18.2 Å². The lowest BCUT2D eigenvalue weighted by atomic mass is 10.1. The molecule has 0 spiro atoms. The molecule has 0 saturated heterocycles. The van der Waals surface area contributed by atoms with Crippen molar-refractivity contribution < 1.29 is 19.7 Å².